The largest absolute Gasteiger partial charge is 0.478 e. The molecule has 0 bridgehead atoms. The SMILES string of the molecule is C#CC(C)(O)Cc1c(C(=CC(=O)O)C(=O)O)cncc1C1CCCN1C. The second-order valence-electron chi connectivity index (χ2n) is 6.69. The van der Waals surface area contributed by atoms with Gasteiger partial charge in [0.05, 0.1) is 5.57 Å². The number of terminal acetylenes is 1. The van der Waals surface area contributed by atoms with Gasteiger partial charge in [-0.1, -0.05) is 5.92 Å². The van der Waals surface area contributed by atoms with Crippen molar-refractivity contribution in [3.63, 3.8) is 0 Å². The molecule has 2 atom stereocenters. The van der Waals surface area contributed by atoms with Crippen molar-refractivity contribution in [2.45, 2.75) is 37.8 Å². The Kier molecular flexibility index (Phi) is 5.80. The zero-order chi connectivity index (χ0) is 19.5. The number of carboxylic acids is 2. The van der Waals surface area contributed by atoms with Gasteiger partial charge < -0.3 is 15.3 Å². The molecule has 1 aromatic heterocycles. The highest BCUT2D eigenvalue weighted by Gasteiger charge is 2.31. The summed E-state index contributed by atoms with van der Waals surface area (Å²) >= 11 is 0. The fraction of sp³-hybridized carbons (Fsp3) is 0.421. The molecule has 1 aliphatic rings. The first-order valence-corrected chi connectivity index (χ1v) is 8.21. The lowest BCUT2D eigenvalue weighted by molar-refractivity contribution is -0.133. The minimum absolute atomic E-state index is 0.00546. The molecule has 7 nitrogen and oxygen atoms in total. The number of carbonyl (C=O) groups is 2. The number of aromatic nitrogens is 1. The van der Waals surface area contributed by atoms with Gasteiger partial charge in [-0.25, -0.2) is 9.59 Å². The van der Waals surface area contributed by atoms with E-state index < -0.39 is 23.1 Å². The quantitative estimate of drug-likeness (QED) is 0.519. The van der Waals surface area contributed by atoms with Gasteiger partial charge in [0.2, 0.25) is 0 Å². The summed E-state index contributed by atoms with van der Waals surface area (Å²) in [6.07, 6.45) is 10.8. The van der Waals surface area contributed by atoms with E-state index in [2.05, 4.69) is 15.8 Å². The van der Waals surface area contributed by atoms with Crippen molar-refractivity contribution in [3.8, 4) is 12.3 Å². The van der Waals surface area contributed by atoms with Crippen molar-refractivity contribution in [2.75, 3.05) is 13.6 Å². The first-order valence-electron chi connectivity index (χ1n) is 8.21. The third-order valence-corrected chi connectivity index (χ3v) is 4.59. The molecule has 7 heteroatoms. The molecule has 2 unspecified atom stereocenters. The van der Waals surface area contributed by atoms with Crippen molar-refractivity contribution in [3.05, 3.63) is 35.2 Å². The van der Waals surface area contributed by atoms with Gasteiger partial charge in [0.25, 0.3) is 0 Å². The lowest BCUT2D eigenvalue weighted by Gasteiger charge is -2.27. The minimum Gasteiger partial charge on any atom is -0.478 e. The van der Waals surface area contributed by atoms with Crippen LogP contribution in [0.25, 0.3) is 5.57 Å². The summed E-state index contributed by atoms with van der Waals surface area (Å²) in [4.78, 5) is 29.0. The summed E-state index contributed by atoms with van der Waals surface area (Å²) < 4.78 is 0. The van der Waals surface area contributed by atoms with Crippen LogP contribution in [0.5, 0.6) is 0 Å². The number of carboxylic acid groups (broad SMARTS) is 2. The van der Waals surface area contributed by atoms with E-state index in [0.717, 1.165) is 24.9 Å². The summed E-state index contributed by atoms with van der Waals surface area (Å²) in [5.41, 5.74) is -0.467. The average molecular weight is 358 g/mol. The highest BCUT2D eigenvalue weighted by molar-refractivity contribution is 6.19. The molecule has 2 heterocycles. The van der Waals surface area contributed by atoms with Crippen molar-refractivity contribution in [1.82, 2.24) is 9.88 Å². The van der Waals surface area contributed by atoms with Gasteiger partial charge in [0.15, 0.2) is 0 Å². The van der Waals surface area contributed by atoms with Crippen molar-refractivity contribution in [2.24, 2.45) is 0 Å². The van der Waals surface area contributed by atoms with Crippen molar-refractivity contribution < 1.29 is 24.9 Å². The molecule has 1 aromatic rings. The second kappa shape index (κ2) is 7.68. The highest BCUT2D eigenvalue weighted by atomic mass is 16.4. The van der Waals surface area contributed by atoms with Crippen LogP contribution in [0.15, 0.2) is 18.5 Å². The van der Waals surface area contributed by atoms with Crippen LogP contribution in [-0.4, -0.2) is 56.3 Å². The average Bonchev–Trinajstić information content (AvgIpc) is 2.98. The Morgan fingerprint density at radius 1 is 1.46 bits per heavy atom. The van der Waals surface area contributed by atoms with Crippen LogP contribution >= 0.6 is 0 Å². The van der Waals surface area contributed by atoms with Crippen LogP contribution in [-0.2, 0) is 16.0 Å². The Labute approximate surface area is 152 Å². The number of hydrogen-bond donors (Lipinski definition) is 3. The first-order chi connectivity index (χ1) is 12.2. The van der Waals surface area contributed by atoms with Crippen molar-refractivity contribution in [1.29, 1.82) is 0 Å². The molecular formula is C19H22N2O5. The number of pyridine rings is 1. The molecule has 0 aromatic carbocycles. The van der Waals surface area contributed by atoms with Crippen LogP contribution < -0.4 is 0 Å². The Hall–Kier alpha value is -2.69. The molecule has 138 valence electrons. The monoisotopic (exact) mass is 358 g/mol. The topological polar surface area (TPSA) is 111 Å². The van der Waals surface area contributed by atoms with Crippen LogP contribution in [0, 0.1) is 12.3 Å². The van der Waals surface area contributed by atoms with Crippen molar-refractivity contribution >= 4 is 17.5 Å². The molecule has 1 fully saturated rings. The zero-order valence-corrected chi connectivity index (χ0v) is 14.8. The second-order valence-corrected chi connectivity index (χ2v) is 6.69. The van der Waals surface area contributed by atoms with E-state index in [0.29, 0.717) is 11.6 Å². The van der Waals surface area contributed by atoms with Gasteiger partial charge in [-0.3, -0.25) is 9.88 Å². The Morgan fingerprint density at radius 3 is 2.65 bits per heavy atom. The maximum atomic E-state index is 11.6. The number of likely N-dealkylation sites (tertiary alicyclic amines) is 1. The molecule has 2 rings (SSSR count). The smallest absolute Gasteiger partial charge is 0.336 e. The Morgan fingerprint density at radius 2 is 2.15 bits per heavy atom. The fourth-order valence-corrected chi connectivity index (χ4v) is 3.30. The first kappa shape index (κ1) is 19.6. The standard InChI is InChI=1S/C19H22N2O5/c1-4-19(2,26)9-13-14(12(18(24)25)8-17(22)23)10-20-11-15(13)16-6-5-7-21(16)3/h1,8,10-11,16,26H,5-7,9H2,2-3H3,(H,22,23)(H,24,25). The molecule has 26 heavy (non-hydrogen) atoms. The van der Waals surface area contributed by atoms with Gasteiger partial charge in [-0.15, -0.1) is 6.42 Å². The van der Waals surface area contributed by atoms with Crippen LogP contribution in [0.4, 0.5) is 0 Å². The third-order valence-electron chi connectivity index (χ3n) is 4.59. The van der Waals surface area contributed by atoms with Crippen LogP contribution in [0.2, 0.25) is 0 Å². The molecule has 0 aliphatic carbocycles. The molecule has 1 aliphatic heterocycles. The van der Waals surface area contributed by atoms with E-state index in [-0.39, 0.29) is 18.0 Å². The molecule has 0 spiro atoms. The Balaban J connectivity index is 2.69. The van der Waals surface area contributed by atoms with Gasteiger partial charge in [0, 0.05) is 36.5 Å². The minimum atomic E-state index is -1.51. The molecule has 0 amide bonds. The molecule has 1 saturated heterocycles. The number of aliphatic hydroxyl groups is 1. The molecule has 0 saturated carbocycles. The van der Waals surface area contributed by atoms with E-state index in [1.165, 1.54) is 13.1 Å². The van der Waals surface area contributed by atoms with E-state index in [1.807, 2.05) is 7.05 Å². The lowest BCUT2D eigenvalue weighted by Crippen LogP contribution is -2.28. The predicted octanol–water partition coefficient (Wildman–Crippen LogP) is 1.33. The number of aliphatic carboxylic acids is 2. The van der Waals surface area contributed by atoms with E-state index in [4.69, 9.17) is 11.5 Å². The maximum absolute atomic E-state index is 11.6. The molecule has 0 radical (unpaired) electrons. The number of rotatable bonds is 6. The summed E-state index contributed by atoms with van der Waals surface area (Å²) in [6.45, 7) is 2.34. The van der Waals surface area contributed by atoms with Gasteiger partial charge in [0.1, 0.15) is 5.60 Å². The summed E-state index contributed by atoms with van der Waals surface area (Å²) in [7, 11) is 1.96. The van der Waals surface area contributed by atoms with Gasteiger partial charge in [-0.2, -0.15) is 0 Å². The zero-order valence-electron chi connectivity index (χ0n) is 14.8. The predicted molar refractivity (Wildman–Crippen MR) is 95.3 cm³/mol. The summed E-state index contributed by atoms with van der Waals surface area (Å²) in [6, 6.07) is 0.00546. The third kappa shape index (κ3) is 4.28. The molecular weight excluding hydrogens is 336 g/mol. The highest BCUT2D eigenvalue weighted by Crippen LogP contribution is 2.36. The van der Waals surface area contributed by atoms with Crippen LogP contribution in [0.3, 0.4) is 0 Å². The summed E-state index contributed by atoms with van der Waals surface area (Å²) in [5.74, 6) is -0.463. The van der Waals surface area contributed by atoms with Gasteiger partial charge >= 0.3 is 11.9 Å². The van der Waals surface area contributed by atoms with E-state index in [9.17, 15) is 19.8 Å². The van der Waals surface area contributed by atoms with E-state index in [1.54, 1.807) is 6.20 Å². The molecule has 3 N–H and O–H groups in total. The summed E-state index contributed by atoms with van der Waals surface area (Å²) in [5, 5.41) is 28.9. The fourth-order valence-electron chi connectivity index (χ4n) is 3.30. The van der Waals surface area contributed by atoms with Crippen LogP contribution in [0.1, 0.15) is 42.5 Å². The normalized spacial score (nSPS) is 20.4. The van der Waals surface area contributed by atoms with E-state index >= 15 is 0 Å². The lowest BCUT2D eigenvalue weighted by atomic mass is 9.86. The Bertz CT molecular complexity index is 792. The number of hydrogen-bond acceptors (Lipinski definition) is 5. The number of nitrogens with zero attached hydrogens (tertiary/aromatic N) is 2. The maximum Gasteiger partial charge on any atom is 0.336 e. The van der Waals surface area contributed by atoms with Gasteiger partial charge in [-0.05, 0) is 44.5 Å².